The second kappa shape index (κ2) is 11.9. The molecule has 7 heteroatoms. The molecule has 2 saturated heterocycles. The molecule has 0 atom stereocenters. The number of likely N-dealkylation sites (tertiary alicyclic amines) is 1. The van der Waals surface area contributed by atoms with Crippen LogP contribution in [0, 0.1) is 11.2 Å². The molecule has 2 aliphatic heterocycles. The first-order valence-electron chi connectivity index (χ1n) is 13.1. The van der Waals surface area contributed by atoms with E-state index in [0.717, 1.165) is 50.5 Å². The molecule has 2 fully saturated rings. The van der Waals surface area contributed by atoms with E-state index in [9.17, 15) is 14.0 Å². The van der Waals surface area contributed by atoms with E-state index in [1.165, 1.54) is 12.1 Å². The highest BCUT2D eigenvalue weighted by Crippen LogP contribution is 2.35. The van der Waals surface area contributed by atoms with Crippen molar-refractivity contribution in [2.45, 2.75) is 39.0 Å². The molecule has 36 heavy (non-hydrogen) atoms. The zero-order valence-corrected chi connectivity index (χ0v) is 21.5. The largest absolute Gasteiger partial charge is 0.491 e. The van der Waals surface area contributed by atoms with E-state index in [-0.39, 0.29) is 17.5 Å². The Balaban J connectivity index is 1.18. The molecule has 2 aromatic carbocycles. The predicted octanol–water partition coefficient (Wildman–Crippen LogP) is 4.64. The zero-order chi connectivity index (χ0) is 25.5. The fourth-order valence-electron chi connectivity index (χ4n) is 5.03. The van der Waals surface area contributed by atoms with E-state index in [0.29, 0.717) is 44.5 Å². The van der Waals surface area contributed by atoms with E-state index in [1.807, 2.05) is 24.0 Å². The molecule has 0 radical (unpaired) electrons. The van der Waals surface area contributed by atoms with Crippen LogP contribution in [0.3, 0.4) is 0 Å². The number of hydrogen-bond acceptors (Lipinski definition) is 5. The van der Waals surface area contributed by atoms with Crippen LogP contribution < -0.4 is 9.64 Å². The topological polar surface area (TPSA) is 53.1 Å². The Morgan fingerprint density at radius 2 is 1.58 bits per heavy atom. The Bertz CT molecular complexity index is 1030. The van der Waals surface area contributed by atoms with Gasteiger partial charge in [0.15, 0.2) is 5.78 Å². The maximum absolute atomic E-state index is 13.2. The summed E-state index contributed by atoms with van der Waals surface area (Å²) in [6.45, 7) is 7.79. The average Bonchev–Trinajstić information content (AvgIpc) is 2.89. The van der Waals surface area contributed by atoms with Gasteiger partial charge in [-0.15, -0.1) is 0 Å². The number of carbonyl (C=O) groups is 2. The molecule has 0 saturated carbocycles. The first kappa shape index (κ1) is 26.1. The van der Waals surface area contributed by atoms with Crippen molar-refractivity contribution in [1.82, 2.24) is 9.80 Å². The Hall–Kier alpha value is -2.93. The molecule has 0 spiro atoms. The summed E-state index contributed by atoms with van der Waals surface area (Å²) in [4.78, 5) is 32.3. The van der Waals surface area contributed by atoms with E-state index in [4.69, 9.17) is 4.74 Å². The number of carbonyl (C=O) groups excluding carboxylic acids is 2. The number of halogens is 1. The molecular formula is C29H38FN3O3. The van der Waals surface area contributed by atoms with Crippen LogP contribution in [-0.4, -0.2) is 74.4 Å². The van der Waals surface area contributed by atoms with E-state index < -0.39 is 5.41 Å². The summed E-state index contributed by atoms with van der Waals surface area (Å²) in [7, 11) is 2.15. The number of piperazine rings is 1. The maximum atomic E-state index is 13.2. The summed E-state index contributed by atoms with van der Waals surface area (Å²) in [6, 6.07) is 13.9. The van der Waals surface area contributed by atoms with Gasteiger partial charge in [0.25, 0.3) is 0 Å². The standard InChI is InChI=1S/C29H38FN3O3/c1-29(28(35)23-10-12-24(30)13-11-23)14-16-33(17-15-29)27(34)9-5-6-22-36-26-8-4-3-7-25(26)32-20-18-31(2)19-21-32/h3-4,7-8,10-13H,5-6,9,14-22H2,1-2H3. The molecule has 0 aromatic heterocycles. The van der Waals surface area contributed by atoms with Crippen molar-refractivity contribution >= 4 is 17.4 Å². The number of ether oxygens (including phenoxy) is 1. The summed E-state index contributed by atoms with van der Waals surface area (Å²) in [6.07, 6.45) is 3.34. The number of rotatable bonds is 9. The molecule has 1 amide bonds. The van der Waals surface area contributed by atoms with Crippen LogP contribution in [0.15, 0.2) is 48.5 Å². The quantitative estimate of drug-likeness (QED) is 0.375. The van der Waals surface area contributed by atoms with Crippen molar-refractivity contribution in [3.05, 3.63) is 59.9 Å². The number of anilines is 1. The maximum Gasteiger partial charge on any atom is 0.222 e. The summed E-state index contributed by atoms with van der Waals surface area (Å²) in [5.74, 6) is 0.740. The molecular weight excluding hydrogens is 457 g/mol. The molecule has 0 N–H and O–H groups in total. The first-order valence-corrected chi connectivity index (χ1v) is 13.1. The van der Waals surface area contributed by atoms with Crippen molar-refractivity contribution in [3.8, 4) is 5.75 Å². The van der Waals surface area contributed by atoms with Gasteiger partial charge in [-0.25, -0.2) is 4.39 Å². The molecule has 0 aliphatic carbocycles. The van der Waals surface area contributed by atoms with Crippen LogP contribution >= 0.6 is 0 Å². The lowest BCUT2D eigenvalue weighted by Gasteiger charge is -2.38. The summed E-state index contributed by atoms with van der Waals surface area (Å²) in [5.41, 5.74) is 1.17. The number of ketones is 1. The van der Waals surface area contributed by atoms with Gasteiger partial charge in [-0.1, -0.05) is 19.1 Å². The molecule has 4 rings (SSSR count). The van der Waals surface area contributed by atoms with Gasteiger partial charge < -0.3 is 19.4 Å². The van der Waals surface area contributed by atoms with Crippen molar-refractivity contribution in [2.75, 3.05) is 57.8 Å². The smallest absolute Gasteiger partial charge is 0.222 e. The van der Waals surface area contributed by atoms with Gasteiger partial charge in [0.1, 0.15) is 11.6 Å². The highest BCUT2D eigenvalue weighted by Gasteiger charge is 2.38. The van der Waals surface area contributed by atoms with Gasteiger partial charge in [0.05, 0.1) is 12.3 Å². The lowest BCUT2D eigenvalue weighted by atomic mass is 9.74. The number of likely N-dealkylation sites (N-methyl/N-ethyl adjacent to an activating group) is 1. The van der Waals surface area contributed by atoms with Crippen molar-refractivity contribution in [3.63, 3.8) is 0 Å². The van der Waals surface area contributed by atoms with Gasteiger partial charge >= 0.3 is 0 Å². The van der Waals surface area contributed by atoms with Crippen LogP contribution in [0.5, 0.6) is 5.75 Å². The third kappa shape index (κ3) is 6.44. The van der Waals surface area contributed by atoms with Gasteiger partial charge in [-0.3, -0.25) is 9.59 Å². The minimum atomic E-state index is -0.514. The lowest BCUT2D eigenvalue weighted by molar-refractivity contribution is -0.133. The minimum Gasteiger partial charge on any atom is -0.491 e. The molecule has 0 unspecified atom stereocenters. The highest BCUT2D eigenvalue weighted by atomic mass is 19.1. The Kier molecular flexibility index (Phi) is 8.62. The number of para-hydroxylation sites is 2. The number of piperidine rings is 1. The molecule has 2 aromatic rings. The van der Waals surface area contributed by atoms with E-state index >= 15 is 0 Å². The second-order valence-electron chi connectivity index (χ2n) is 10.3. The normalized spacial score (nSPS) is 18.2. The average molecular weight is 496 g/mol. The molecule has 0 bridgehead atoms. The third-order valence-corrected chi connectivity index (χ3v) is 7.63. The minimum absolute atomic E-state index is 0.0311. The monoisotopic (exact) mass is 495 g/mol. The molecule has 2 heterocycles. The Labute approximate surface area is 214 Å². The van der Waals surface area contributed by atoms with Gasteiger partial charge in [-0.05, 0) is 69.1 Å². The van der Waals surface area contributed by atoms with E-state index in [1.54, 1.807) is 12.1 Å². The number of nitrogens with zero attached hydrogens (tertiary/aromatic N) is 3. The second-order valence-corrected chi connectivity index (χ2v) is 10.3. The molecule has 6 nitrogen and oxygen atoms in total. The SMILES string of the molecule is CN1CCN(c2ccccc2OCCCCC(=O)N2CCC(C)(C(=O)c3ccc(F)cc3)CC2)CC1. The number of unbranched alkanes of at least 4 members (excludes halogenated alkanes) is 1. The van der Waals surface area contributed by atoms with E-state index in [2.05, 4.69) is 29.0 Å². The summed E-state index contributed by atoms with van der Waals surface area (Å²) in [5, 5.41) is 0. The zero-order valence-electron chi connectivity index (χ0n) is 21.5. The predicted molar refractivity (Wildman–Crippen MR) is 140 cm³/mol. The molecule has 194 valence electrons. The fraction of sp³-hybridized carbons (Fsp3) is 0.517. The fourth-order valence-corrected chi connectivity index (χ4v) is 5.03. The highest BCUT2D eigenvalue weighted by molar-refractivity contribution is 6.00. The third-order valence-electron chi connectivity index (χ3n) is 7.63. The van der Waals surface area contributed by atoms with Gasteiger partial charge in [0.2, 0.25) is 5.91 Å². The number of amides is 1. The Morgan fingerprint density at radius 3 is 2.28 bits per heavy atom. The van der Waals surface area contributed by atoms with Crippen LogP contribution in [0.2, 0.25) is 0 Å². The number of benzene rings is 2. The van der Waals surface area contributed by atoms with Crippen molar-refractivity contribution in [2.24, 2.45) is 5.41 Å². The van der Waals surface area contributed by atoms with Gasteiger partial charge in [-0.2, -0.15) is 0 Å². The summed E-state index contributed by atoms with van der Waals surface area (Å²) >= 11 is 0. The van der Waals surface area contributed by atoms with Crippen LogP contribution in [0.4, 0.5) is 10.1 Å². The van der Waals surface area contributed by atoms with Gasteiger partial charge in [0, 0.05) is 56.7 Å². The summed E-state index contributed by atoms with van der Waals surface area (Å²) < 4.78 is 19.3. The molecule has 2 aliphatic rings. The first-order chi connectivity index (χ1) is 17.4. The van der Waals surface area contributed by atoms with Crippen LogP contribution in [0.1, 0.15) is 49.4 Å². The Morgan fingerprint density at radius 1 is 0.917 bits per heavy atom. The number of Topliss-reactive ketones (excluding diaryl/α,β-unsaturated/α-hetero) is 1. The lowest BCUT2D eigenvalue weighted by Crippen LogP contribution is -2.45. The van der Waals surface area contributed by atoms with Crippen molar-refractivity contribution < 1.29 is 18.7 Å². The number of hydrogen-bond donors (Lipinski definition) is 0. The van der Waals surface area contributed by atoms with Crippen molar-refractivity contribution in [1.29, 1.82) is 0 Å². The van der Waals surface area contributed by atoms with Crippen LogP contribution in [-0.2, 0) is 4.79 Å². The van der Waals surface area contributed by atoms with Crippen LogP contribution in [0.25, 0.3) is 0 Å².